The highest BCUT2D eigenvalue weighted by Gasteiger charge is 2.15. The van der Waals surface area contributed by atoms with Gasteiger partial charge in [-0.25, -0.2) is 0 Å². The van der Waals surface area contributed by atoms with Gasteiger partial charge in [-0.2, -0.15) is 5.10 Å². The molecule has 0 radical (unpaired) electrons. The number of carbonyl (C=O) groups is 1. The Morgan fingerprint density at radius 1 is 1.24 bits per heavy atom. The summed E-state index contributed by atoms with van der Waals surface area (Å²) in [6.07, 6.45) is 1.96. The topological polar surface area (TPSA) is 34.9 Å². The second-order valence-corrected chi connectivity index (χ2v) is 5.02. The van der Waals surface area contributed by atoms with Gasteiger partial charge in [0.05, 0.1) is 5.69 Å². The van der Waals surface area contributed by atoms with Gasteiger partial charge in [0, 0.05) is 17.8 Å². The minimum atomic E-state index is 0.136. The van der Waals surface area contributed by atoms with Gasteiger partial charge in [-0.3, -0.25) is 9.48 Å². The van der Waals surface area contributed by atoms with Crippen LogP contribution in [0.1, 0.15) is 53.3 Å². The number of hydrogen-bond donors (Lipinski definition) is 0. The largest absolute Gasteiger partial charge is 0.295 e. The number of rotatable bonds is 4. The van der Waals surface area contributed by atoms with Crippen LogP contribution in [-0.2, 0) is 4.79 Å². The molecule has 0 atom stereocenters. The maximum absolute atomic E-state index is 11.6. The summed E-state index contributed by atoms with van der Waals surface area (Å²) >= 11 is 0. The number of carbonyl (C=O) groups excluding carboxylic acids is 1. The smallest absolute Gasteiger partial charge is 0.156 e. The summed E-state index contributed by atoms with van der Waals surface area (Å²) in [5.41, 5.74) is 2.77. The van der Waals surface area contributed by atoms with Gasteiger partial charge in [-0.05, 0) is 45.3 Å². The minimum Gasteiger partial charge on any atom is -0.295 e. The van der Waals surface area contributed by atoms with Crippen molar-refractivity contribution in [1.82, 2.24) is 9.78 Å². The maximum atomic E-state index is 11.6. The third-order valence-electron chi connectivity index (χ3n) is 2.88. The van der Waals surface area contributed by atoms with Crippen molar-refractivity contribution in [3.05, 3.63) is 23.5 Å². The zero-order chi connectivity index (χ0) is 13.2. The highest BCUT2D eigenvalue weighted by molar-refractivity contribution is 6.00. The molecule has 0 unspecified atom stereocenters. The molecule has 0 amide bonds. The van der Waals surface area contributed by atoms with Crippen molar-refractivity contribution in [2.75, 3.05) is 0 Å². The van der Waals surface area contributed by atoms with Crippen molar-refractivity contribution in [1.29, 1.82) is 0 Å². The Morgan fingerprint density at radius 2 is 1.82 bits per heavy atom. The molecule has 1 aromatic rings. The van der Waals surface area contributed by atoms with Gasteiger partial charge in [0.1, 0.15) is 0 Å². The van der Waals surface area contributed by atoms with E-state index in [1.165, 1.54) is 0 Å². The third kappa shape index (κ3) is 3.05. The maximum Gasteiger partial charge on any atom is 0.156 e. The van der Waals surface area contributed by atoms with Crippen LogP contribution in [0, 0.1) is 5.92 Å². The van der Waals surface area contributed by atoms with Crippen molar-refractivity contribution < 1.29 is 4.79 Å². The second-order valence-electron chi connectivity index (χ2n) is 5.02. The molecule has 0 aliphatic carbocycles. The Kier molecular flexibility index (Phi) is 4.27. The van der Waals surface area contributed by atoms with Crippen molar-refractivity contribution in [3.63, 3.8) is 0 Å². The third-order valence-corrected chi connectivity index (χ3v) is 2.88. The zero-order valence-corrected chi connectivity index (χ0v) is 11.6. The molecule has 0 aliphatic heterocycles. The van der Waals surface area contributed by atoms with Crippen LogP contribution < -0.4 is 0 Å². The Balaban J connectivity index is 3.20. The second kappa shape index (κ2) is 5.30. The molecule has 0 aromatic carbocycles. The highest BCUT2D eigenvalue weighted by Crippen LogP contribution is 2.23. The summed E-state index contributed by atoms with van der Waals surface area (Å²) in [7, 11) is 0. The van der Waals surface area contributed by atoms with Gasteiger partial charge in [-0.15, -0.1) is 0 Å². The standard InChI is InChI=1S/C14H22N2O/c1-9(2)14(12(6)17)11(5)13-7-8-16(15-13)10(3)4/h7-10H,1-6H3. The fraction of sp³-hybridized carbons (Fsp3) is 0.571. The number of nitrogens with zero attached hydrogens (tertiary/aromatic N) is 2. The van der Waals surface area contributed by atoms with Crippen LogP contribution in [0.3, 0.4) is 0 Å². The Bertz CT molecular complexity index is 439. The monoisotopic (exact) mass is 234 g/mol. The SMILES string of the molecule is CC(=O)C(=C(C)c1ccn(C(C)C)n1)C(C)C. The lowest BCUT2D eigenvalue weighted by Gasteiger charge is -2.11. The predicted octanol–water partition coefficient (Wildman–Crippen LogP) is 3.48. The van der Waals surface area contributed by atoms with Crippen molar-refractivity contribution >= 4 is 11.4 Å². The average Bonchev–Trinajstić information content (AvgIpc) is 2.64. The summed E-state index contributed by atoms with van der Waals surface area (Å²) in [6, 6.07) is 2.32. The number of ketones is 1. The molecular weight excluding hydrogens is 212 g/mol. The van der Waals surface area contributed by atoms with Gasteiger partial charge in [0.25, 0.3) is 0 Å². The van der Waals surface area contributed by atoms with Crippen LogP contribution in [-0.4, -0.2) is 15.6 Å². The van der Waals surface area contributed by atoms with Crippen LogP contribution in [0.5, 0.6) is 0 Å². The van der Waals surface area contributed by atoms with Gasteiger partial charge in [0.15, 0.2) is 5.78 Å². The molecule has 0 saturated heterocycles. The molecule has 3 nitrogen and oxygen atoms in total. The van der Waals surface area contributed by atoms with Gasteiger partial charge in [-0.1, -0.05) is 13.8 Å². The molecule has 1 heterocycles. The van der Waals surface area contributed by atoms with E-state index < -0.39 is 0 Å². The number of aromatic nitrogens is 2. The summed E-state index contributed by atoms with van der Waals surface area (Å²) < 4.78 is 1.91. The average molecular weight is 234 g/mol. The van der Waals surface area contributed by atoms with Crippen molar-refractivity contribution in [3.8, 4) is 0 Å². The van der Waals surface area contributed by atoms with E-state index >= 15 is 0 Å². The first-order valence-corrected chi connectivity index (χ1v) is 6.11. The molecule has 17 heavy (non-hydrogen) atoms. The van der Waals surface area contributed by atoms with Crippen molar-refractivity contribution in [2.24, 2.45) is 5.92 Å². The molecule has 0 bridgehead atoms. The quantitative estimate of drug-likeness (QED) is 0.747. The predicted molar refractivity (Wildman–Crippen MR) is 70.7 cm³/mol. The van der Waals surface area contributed by atoms with Crippen LogP contribution in [0.4, 0.5) is 0 Å². The van der Waals surface area contributed by atoms with Crippen LogP contribution in [0.15, 0.2) is 17.8 Å². The highest BCUT2D eigenvalue weighted by atomic mass is 16.1. The summed E-state index contributed by atoms with van der Waals surface area (Å²) in [5, 5.41) is 4.50. The van der Waals surface area contributed by atoms with Crippen LogP contribution >= 0.6 is 0 Å². The molecule has 0 aliphatic rings. The van der Waals surface area contributed by atoms with E-state index in [9.17, 15) is 4.79 Å². The molecule has 3 heteroatoms. The molecule has 0 fully saturated rings. The van der Waals surface area contributed by atoms with Crippen molar-refractivity contribution in [2.45, 2.75) is 47.6 Å². The number of hydrogen-bond acceptors (Lipinski definition) is 2. The molecule has 94 valence electrons. The lowest BCUT2D eigenvalue weighted by molar-refractivity contribution is -0.113. The van der Waals surface area contributed by atoms with Crippen LogP contribution in [0.2, 0.25) is 0 Å². The first kappa shape index (κ1) is 13.7. The fourth-order valence-electron chi connectivity index (χ4n) is 2.07. The van der Waals surface area contributed by atoms with E-state index in [4.69, 9.17) is 0 Å². The number of allylic oxidation sites excluding steroid dienone is 2. The molecule has 0 saturated carbocycles. The van der Waals surface area contributed by atoms with Gasteiger partial charge >= 0.3 is 0 Å². The minimum absolute atomic E-state index is 0.136. The normalized spacial score (nSPS) is 13.2. The fourth-order valence-corrected chi connectivity index (χ4v) is 2.07. The lowest BCUT2D eigenvalue weighted by atomic mass is 9.93. The van der Waals surface area contributed by atoms with E-state index in [0.717, 1.165) is 16.8 Å². The van der Waals surface area contributed by atoms with Gasteiger partial charge < -0.3 is 0 Å². The van der Waals surface area contributed by atoms with E-state index in [1.54, 1.807) is 6.92 Å². The first-order valence-electron chi connectivity index (χ1n) is 6.11. The summed E-state index contributed by atoms with van der Waals surface area (Å²) in [5.74, 6) is 0.369. The molecular formula is C14H22N2O. The Hall–Kier alpha value is -1.38. The Labute approximate surface area is 104 Å². The van der Waals surface area contributed by atoms with E-state index in [2.05, 4.69) is 18.9 Å². The molecule has 0 spiro atoms. The lowest BCUT2D eigenvalue weighted by Crippen LogP contribution is -2.08. The molecule has 0 N–H and O–H groups in total. The van der Waals surface area contributed by atoms with Gasteiger partial charge in [0.2, 0.25) is 0 Å². The van der Waals surface area contributed by atoms with E-state index in [1.807, 2.05) is 37.7 Å². The summed E-state index contributed by atoms with van der Waals surface area (Å²) in [4.78, 5) is 11.6. The van der Waals surface area contributed by atoms with Crippen LogP contribution in [0.25, 0.3) is 5.57 Å². The molecule has 1 rings (SSSR count). The van der Waals surface area contributed by atoms with E-state index in [-0.39, 0.29) is 11.7 Å². The van der Waals surface area contributed by atoms with E-state index in [0.29, 0.717) is 6.04 Å². The first-order chi connectivity index (χ1) is 7.84. The zero-order valence-electron chi connectivity index (χ0n) is 11.6. The molecule has 1 aromatic heterocycles. The summed E-state index contributed by atoms with van der Waals surface area (Å²) in [6.45, 7) is 11.9. The number of Topliss-reactive ketones (excluding diaryl/α,β-unsaturated/α-hetero) is 1. The Morgan fingerprint density at radius 3 is 2.18 bits per heavy atom.